The maximum atomic E-state index is 12.6. The van der Waals surface area contributed by atoms with Crippen molar-refractivity contribution in [2.24, 2.45) is 4.40 Å². The number of carbonyl (C=O) groups is 1. The Balaban J connectivity index is 2.20. The van der Waals surface area contributed by atoms with Crippen LogP contribution in [0.15, 0.2) is 57.8 Å². The highest BCUT2D eigenvalue weighted by Gasteiger charge is 2.16. The number of methoxy groups -OCH3 is 1. The number of sulfonamides is 1. The molecule has 0 spiro atoms. The summed E-state index contributed by atoms with van der Waals surface area (Å²) in [4.78, 5) is 12.1. The highest BCUT2D eigenvalue weighted by Crippen LogP contribution is 2.24. The molecule has 0 atom stereocenters. The van der Waals surface area contributed by atoms with E-state index in [0.717, 1.165) is 4.70 Å². The number of fused-ring (bicyclic) bond motifs is 1. The van der Waals surface area contributed by atoms with Crippen LogP contribution in [0.1, 0.15) is 6.92 Å². The van der Waals surface area contributed by atoms with Crippen LogP contribution in [-0.2, 0) is 26.1 Å². The summed E-state index contributed by atoms with van der Waals surface area (Å²) in [6, 6.07) is 13.3. The van der Waals surface area contributed by atoms with Crippen LogP contribution in [0, 0.1) is 0 Å². The number of benzene rings is 2. The van der Waals surface area contributed by atoms with E-state index in [2.05, 4.69) is 4.40 Å². The fourth-order valence-electron chi connectivity index (χ4n) is 2.47. The third-order valence-electron chi connectivity index (χ3n) is 3.72. The summed E-state index contributed by atoms with van der Waals surface area (Å²) in [5, 5.41) is 0. The molecule has 0 aliphatic carbocycles. The van der Waals surface area contributed by atoms with E-state index in [4.69, 9.17) is 9.47 Å². The molecule has 0 unspecified atom stereocenters. The number of ether oxygens (including phenoxy) is 2. The highest BCUT2D eigenvalue weighted by atomic mass is 32.2. The Morgan fingerprint density at radius 2 is 1.93 bits per heavy atom. The molecule has 0 aliphatic rings. The first-order chi connectivity index (χ1) is 12.9. The number of esters is 1. The molecule has 142 valence electrons. The van der Waals surface area contributed by atoms with Crippen LogP contribution in [0.4, 0.5) is 0 Å². The standard InChI is InChI=1S/C18H18N2O5S2/c1-3-25-13-9-10-15-16(11-13)26-18(20(15)12-17(21)24-2)19-27(22,23)14-7-5-4-6-8-14/h4-11H,3,12H2,1-2H3. The van der Waals surface area contributed by atoms with E-state index in [1.807, 2.05) is 6.92 Å². The van der Waals surface area contributed by atoms with Crippen molar-refractivity contribution >= 4 is 37.5 Å². The summed E-state index contributed by atoms with van der Waals surface area (Å²) < 4.78 is 41.8. The SMILES string of the molecule is CCOc1ccc2c(c1)sc(=NS(=O)(=O)c1ccccc1)n2CC(=O)OC. The molecule has 1 heterocycles. The lowest BCUT2D eigenvalue weighted by molar-refractivity contribution is -0.141. The molecule has 2 aromatic carbocycles. The first-order valence-corrected chi connectivity index (χ1v) is 10.4. The van der Waals surface area contributed by atoms with E-state index >= 15 is 0 Å². The maximum absolute atomic E-state index is 12.6. The van der Waals surface area contributed by atoms with Crippen LogP contribution in [0.2, 0.25) is 0 Å². The summed E-state index contributed by atoms with van der Waals surface area (Å²) in [6.45, 7) is 2.25. The lowest BCUT2D eigenvalue weighted by atomic mass is 10.3. The molecular formula is C18H18N2O5S2. The molecule has 3 rings (SSSR count). The first kappa shape index (κ1) is 19.1. The first-order valence-electron chi connectivity index (χ1n) is 8.13. The van der Waals surface area contributed by atoms with Crippen molar-refractivity contribution in [2.45, 2.75) is 18.4 Å². The van der Waals surface area contributed by atoms with E-state index < -0.39 is 16.0 Å². The lowest BCUT2D eigenvalue weighted by Gasteiger charge is -2.05. The van der Waals surface area contributed by atoms with Gasteiger partial charge in [-0.15, -0.1) is 4.40 Å². The monoisotopic (exact) mass is 406 g/mol. The number of thiazole rings is 1. The molecule has 0 radical (unpaired) electrons. The predicted octanol–water partition coefficient (Wildman–Crippen LogP) is 2.56. The van der Waals surface area contributed by atoms with Gasteiger partial charge in [-0.1, -0.05) is 29.5 Å². The highest BCUT2D eigenvalue weighted by molar-refractivity contribution is 7.90. The van der Waals surface area contributed by atoms with Gasteiger partial charge >= 0.3 is 5.97 Å². The van der Waals surface area contributed by atoms with E-state index in [0.29, 0.717) is 17.9 Å². The molecule has 7 nitrogen and oxygen atoms in total. The number of hydrogen-bond donors (Lipinski definition) is 0. The Morgan fingerprint density at radius 3 is 2.59 bits per heavy atom. The van der Waals surface area contributed by atoms with Crippen LogP contribution in [0.3, 0.4) is 0 Å². The molecule has 0 saturated heterocycles. The van der Waals surface area contributed by atoms with Gasteiger partial charge in [-0.3, -0.25) is 4.79 Å². The number of hydrogen-bond acceptors (Lipinski definition) is 6. The molecule has 0 fully saturated rings. The summed E-state index contributed by atoms with van der Waals surface area (Å²) >= 11 is 1.17. The predicted molar refractivity (Wildman–Crippen MR) is 102 cm³/mol. The van der Waals surface area contributed by atoms with E-state index in [9.17, 15) is 13.2 Å². The fourth-order valence-corrected chi connectivity index (χ4v) is 4.76. The van der Waals surface area contributed by atoms with Gasteiger partial charge in [0.2, 0.25) is 4.80 Å². The van der Waals surface area contributed by atoms with Crippen LogP contribution in [-0.4, -0.2) is 32.7 Å². The second-order valence-electron chi connectivity index (χ2n) is 5.49. The molecule has 0 bridgehead atoms. The van der Waals surface area contributed by atoms with Crippen molar-refractivity contribution in [2.75, 3.05) is 13.7 Å². The molecule has 0 aliphatic heterocycles. The minimum Gasteiger partial charge on any atom is -0.494 e. The van der Waals surface area contributed by atoms with Gasteiger partial charge < -0.3 is 14.0 Å². The van der Waals surface area contributed by atoms with Crippen LogP contribution < -0.4 is 9.54 Å². The summed E-state index contributed by atoms with van der Waals surface area (Å²) in [6.07, 6.45) is 0. The van der Waals surface area contributed by atoms with Crippen molar-refractivity contribution < 1.29 is 22.7 Å². The second kappa shape index (κ2) is 7.93. The van der Waals surface area contributed by atoms with Crippen LogP contribution >= 0.6 is 11.3 Å². The molecular weight excluding hydrogens is 388 g/mol. The number of aromatic nitrogens is 1. The quantitative estimate of drug-likeness (QED) is 0.587. The van der Waals surface area contributed by atoms with Gasteiger partial charge in [-0.2, -0.15) is 8.42 Å². The van der Waals surface area contributed by atoms with Crippen molar-refractivity contribution in [3.63, 3.8) is 0 Å². The number of rotatable bonds is 6. The Bertz CT molecular complexity index is 1130. The lowest BCUT2D eigenvalue weighted by Crippen LogP contribution is -2.22. The normalized spacial score (nSPS) is 12.3. The largest absolute Gasteiger partial charge is 0.494 e. The van der Waals surface area contributed by atoms with Gasteiger partial charge in [0.25, 0.3) is 10.0 Å². The summed E-state index contributed by atoms with van der Waals surface area (Å²) in [5.74, 6) is 0.163. The Kier molecular flexibility index (Phi) is 5.62. The zero-order valence-electron chi connectivity index (χ0n) is 14.8. The van der Waals surface area contributed by atoms with Gasteiger partial charge in [0.15, 0.2) is 0 Å². The molecule has 0 N–H and O–H groups in total. The fraction of sp³-hybridized carbons (Fsp3) is 0.222. The smallest absolute Gasteiger partial charge is 0.325 e. The third-order valence-corrected chi connectivity index (χ3v) is 6.16. The molecule has 1 aromatic heterocycles. The molecule has 27 heavy (non-hydrogen) atoms. The number of nitrogens with zero attached hydrogens (tertiary/aromatic N) is 2. The van der Waals surface area contributed by atoms with Gasteiger partial charge in [-0.25, -0.2) is 0 Å². The van der Waals surface area contributed by atoms with Crippen molar-refractivity contribution in [1.29, 1.82) is 0 Å². The van der Waals surface area contributed by atoms with Crippen molar-refractivity contribution in [3.05, 3.63) is 53.3 Å². The zero-order valence-corrected chi connectivity index (χ0v) is 16.4. The van der Waals surface area contributed by atoms with Crippen molar-refractivity contribution in [3.8, 4) is 5.75 Å². The maximum Gasteiger partial charge on any atom is 0.325 e. The Hall–Kier alpha value is -2.65. The van der Waals surface area contributed by atoms with Gasteiger partial charge in [0, 0.05) is 0 Å². The van der Waals surface area contributed by atoms with Gasteiger partial charge in [-0.05, 0) is 37.3 Å². The molecule has 3 aromatic rings. The minimum atomic E-state index is -3.92. The van der Waals surface area contributed by atoms with E-state index in [1.54, 1.807) is 36.4 Å². The van der Waals surface area contributed by atoms with Gasteiger partial charge in [0.1, 0.15) is 12.3 Å². The Morgan fingerprint density at radius 1 is 1.19 bits per heavy atom. The Labute approximate surface area is 160 Å². The summed E-state index contributed by atoms with van der Waals surface area (Å²) in [7, 11) is -2.64. The van der Waals surface area contributed by atoms with Crippen molar-refractivity contribution in [1.82, 2.24) is 4.57 Å². The summed E-state index contributed by atoms with van der Waals surface area (Å²) in [5.41, 5.74) is 0.677. The van der Waals surface area contributed by atoms with Gasteiger partial charge in [0.05, 0.1) is 28.8 Å². The van der Waals surface area contributed by atoms with Crippen LogP contribution in [0.25, 0.3) is 10.2 Å². The second-order valence-corrected chi connectivity index (χ2v) is 8.10. The van der Waals surface area contributed by atoms with E-state index in [1.165, 1.54) is 35.1 Å². The van der Waals surface area contributed by atoms with Crippen LogP contribution in [0.5, 0.6) is 5.75 Å². The molecule has 0 amide bonds. The molecule has 0 saturated carbocycles. The van der Waals surface area contributed by atoms with E-state index in [-0.39, 0.29) is 16.2 Å². The topological polar surface area (TPSA) is 87.0 Å². The third kappa shape index (κ3) is 4.20. The molecule has 9 heteroatoms. The zero-order chi connectivity index (χ0) is 19.4. The minimum absolute atomic E-state index is 0.0853. The number of carbonyl (C=O) groups excluding carboxylic acids is 1. The average molecular weight is 406 g/mol. The average Bonchev–Trinajstić information content (AvgIpc) is 2.98.